The van der Waals surface area contributed by atoms with E-state index in [1.165, 1.54) is 32.2 Å². The first-order valence-electron chi connectivity index (χ1n) is 6.55. The van der Waals surface area contributed by atoms with E-state index in [-0.39, 0.29) is 17.3 Å². The Morgan fingerprint density at radius 1 is 1.45 bits per heavy atom. The van der Waals surface area contributed by atoms with Gasteiger partial charge in [0.05, 0.1) is 18.1 Å². The number of halogens is 4. The van der Waals surface area contributed by atoms with Gasteiger partial charge in [-0.2, -0.15) is 0 Å². The molecule has 1 aliphatic heterocycles. The third-order valence-electron chi connectivity index (χ3n) is 4.33. The van der Waals surface area contributed by atoms with Crippen molar-refractivity contribution in [2.24, 2.45) is 16.6 Å². The van der Waals surface area contributed by atoms with Crippen molar-refractivity contribution in [3.63, 3.8) is 0 Å². The van der Waals surface area contributed by atoms with Crippen LogP contribution < -0.4 is 5.73 Å². The molecule has 1 heterocycles. The first-order chi connectivity index (χ1) is 10.2. The molecule has 1 aliphatic carbocycles. The lowest BCUT2D eigenvalue weighted by Gasteiger charge is -2.32. The molecule has 3 atom stereocenters. The number of methoxy groups -OCH3 is 1. The number of hydrogen-bond donors (Lipinski definition) is 1. The lowest BCUT2D eigenvalue weighted by atomic mass is 9.85. The topological polar surface area (TPSA) is 47.6 Å². The highest BCUT2D eigenvalue weighted by Crippen LogP contribution is 2.74. The molecule has 2 aliphatic rings. The number of nitrogens with zero attached hydrogens (tertiary/aromatic N) is 1. The second-order valence-corrected chi connectivity index (χ2v) is 7.97. The summed E-state index contributed by atoms with van der Waals surface area (Å²) in [4.78, 5) is 4.19. The van der Waals surface area contributed by atoms with Gasteiger partial charge in [-0.1, -0.05) is 27.7 Å². The molecule has 22 heavy (non-hydrogen) atoms. The molecular weight excluding hydrogens is 381 g/mol. The van der Waals surface area contributed by atoms with Crippen LogP contribution in [0.15, 0.2) is 27.7 Å². The maximum Gasteiger partial charge on any atom is 0.272 e. The van der Waals surface area contributed by atoms with E-state index < -0.39 is 27.9 Å². The fourth-order valence-electron chi connectivity index (χ4n) is 3.39. The zero-order valence-corrected chi connectivity index (χ0v) is 14.3. The average molecular weight is 395 g/mol. The summed E-state index contributed by atoms with van der Waals surface area (Å²) in [6.07, 6.45) is 0. The van der Waals surface area contributed by atoms with Gasteiger partial charge in [0.25, 0.3) is 5.92 Å². The minimum atomic E-state index is -3.04. The van der Waals surface area contributed by atoms with Crippen molar-refractivity contribution in [1.29, 1.82) is 0 Å². The summed E-state index contributed by atoms with van der Waals surface area (Å²) in [5.41, 5.74) is 4.44. The van der Waals surface area contributed by atoms with Crippen molar-refractivity contribution in [3.8, 4) is 0 Å². The quantitative estimate of drug-likeness (QED) is 0.852. The maximum absolute atomic E-state index is 14.6. The summed E-state index contributed by atoms with van der Waals surface area (Å²) in [6.45, 7) is 1.33. The van der Waals surface area contributed by atoms with Crippen LogP contribution in [0.2, 0.25) is 0 Å². The van der Waals surface area contributed by atoms with Crippen molar-refractivity contribution in [3.05, 3.63) is 34.1 Å². The van der Waals surface area contributed by atoms with Crippen LogP contribution in [0.4, 0.5) is 13.2 Å². The van der Waals surface area contributed by atoms with Crippen LogP contribution in [0.5, 0.6) is 0 Å². The van der Waals surface area contributed by atoms with Gasteiger partial charge in [0.1, 0.15) is 10.6 Å². The Kier molecular flexibility index (Phi) is 3.58. The van der Waals surface area contributed by atoms with E-state index in [0.717, 1.165) is 11.8 Å². The van der Waals surface area contributed by atoms with Gasteiger partial charge in [-0.05, 0) is 25.1 Å². The van der Waals surface area contributed by atoms with E-state index in [1.807, 2.05) is 0 Å². The average Bonchev–Trinajstić information content (AvgIpc) is 2.89. The van der Waals surface area contributed by atoms with Crippen LogP contribution in [0.1, 0.15) is 12.5 Å². The van der Waals surface area contributed by atoms with Gasteiger partial charge < -0.3 is 10.5 Å². The van der Waals surface area contributed by atoms with Crippen LogP contribution in [-0.4, -0.2) is 29.6 Å². The number of ether oxygens (including phenoxy) is 1. The number of aliphatic imine (C=N–C) groups is 1. The number of thioether (sulfide) groups is 1. The molecule has 0 aromatic heterocycles. The van der Waals surface area contributed by atoms with Crippen LogP contribution in [0.3, 0.4) is 0 Å². The molecule has 0 spiro atoms. The first-order valence-corrected chi connectivity index (χ1v) is 8.16. The fraction of sp³-hybridized carbons (Fsp3) is 0.500. The SMILES string of the molecule is COC[C@@]12SC(N)=N[C@](C)(c3cc(Br)ccc3F)[C@@H]1C2(F)F. The predicted molar refractivity (Wildman–Crippen MR) is 83.7 cm³/mol. The molecule has 3 rings (SSSR count). The highest BCUT2D eigenvalue weighted by atomic mass is 79.9. The molecule has 8 heteroatoms. The number of hydrogen-bond acceptors (Lipinski definition) is 4. The van der Waals surface area contributed by atoms with E-state index in [4.69, 9.17) is 10.5 Å². The molecule has 2 N–H and O–H groups in total. The van der Waals surface area contributed by atoms with Gasteiger partial charge in [-0.25, -0.2) is 13.2 Å². The van der Waals surface area contributed by atoms with E-state index in [1.54, 1.807) is 0 Å². The zero-order valence-electron chi connectivity index (χ0n) is 11.9. The second-order valence-electron chi connectivity index (χ2n) is 5.70. The zero-order chi connectivity index (χ0) is 16.3. The minimum absolute atomic E-state index is 0.0207. The standard InChI is InChI=1S/C14H14BrF3N2OS/c1-12(8-5-7(15)3-4-9(8)16)10-13(6-21-2,14(10,17)18)22-11(19)20-12/h3-5,10H,6H2,1-2H3,(H2,19,20)/t10-,12+,13+/m0/s1. The summed E-state index contributed by atoms with van der Waals surface area (Å²) in [7, 11) is 1.36. The maximum atomic E-state index is 14.6. The van der Waals surface area contributed by atoms with Crippen molar-refractivity contribution >= 4 is 32.9 Å². The number of amidine groups is 1. The van der Waals surface area contributed by atoms with E-state index in [2.05, 4.69) is 20.9 Å². The smallest absolute Gasteiger partial charge is 0.272 e. The van der Waals surface area contributed by atoms with Crippen molar-refractivity contribution in [1.82, 2.24) is 0 Å². The first kappa shape index (κ1) is 16.1. The van der Waals surface area contributed by atoms with Crippen LogP contribution in [0.25, 0.3) is 0 Å². The second kappa shape index (κ2) is 4.88. The number of nitrogens with two attached hydrogens (primary N) is 1. The normalized spacial score (nSPS) is 35.7. The Morgan fingerprint density at radius 3 is 2.77 bits per heavy atom. The van der Waals surface area contributed by atoms with Gasteiger partial charge in [0.15, 0.2) is 5.17 Å². The number of fused-ring (bicyclic) bond motifs is 1. The summed E-state index contributed by atoms with van der Waals surface area (Å²) in [5, 5.41) is 0.0207. The molecule has 0 bridgehead atoms. The third-order valence-corrected chi connectivity index (χ3v) is 6.12. The number of alkyl halides is 2. The lowest BCUT2D eigenvalue weighted by Crippen LogP contribution is -2.37. The van der Waals surface area contributed by atoms with Crippen molar-refractivity contribution in [2.45, 2.75) is 23.1 Å². The molecule has 120 valence electrons. The molecular formula is C14H14BrF3N2OS. The van der Waals surface area contributed by atoms with Gasteiger partial charge in [-0.15, -0.1) is 0 Å². The van der Waals surface area contributed by atoms with Gasteiger partial charge in [0.2, 0.25) is 0 Å². The summed E-state index contributed by atoms with van der Waals surface area (Å²) < 4.78 is 47.5. The summed E-state index contributed by atoms with van der Waals surface area (Å²) in [5.74, 6) is -4.79. The van der Waals surface area contributed by atoms with Crippen molar-refractivity contribution in [2.75, 3.05) is 13.7 Å². The molecule has 0 amide bonds. The molecule has 0 unspecified atom stereocenters. The Balaban J connectivity index is 2.17. The largest absolute Gasteiger partial charge is 0.383 e. The van der Waals surface area contributed by atoms with Crippen LogP contribution >= 0.6 is 27.7 Å². The summed E-state index contributed by atoms with van der Waals surface area (Å²) in [6, 6.07) is 4.23. The lowest BCUT2D eigenvalue weighted by molar-refractivity contribution is 0.0637. The number of benzene rings is 1. The molecule has 1 aromatic rings. The molecule has 1 aromatic carbocycles. The Hall–Kier alpha value is -0.730. The van der Waals surface area contributed by atoms with Gasteiger partial charge >= 0.3 is 0 Å². The molecule has 0 radical (unpaired) electrons. The fourth-order valence-corrected chi connectivity index (χ4v) is 5.23. The highest BCUT2D eigenvalue weighted by Gasteiger charge is 2.87. The monoisotopic (exact) mass is 394 g/mol. The summed E-state index contributed by atoms with van der Waals surface area (Å²) >= 11 is 4.06. The molecule has 1 saturated carbocycles. The Morgan fingerprint density at radius 2 is 2.14 bits per heavy atom. The minimum Gasteiger partial charge on any atom is -0.383 e. The van der Waals surface area contributed by atoms with Gasteiger partial charge in [0, 0.05) is 17.1 Å². The Bertz CT molecular complexity index is 671. The van der Waals surface area contributed by atoms with E-state index in [9.17, 15) is 13.2 Å². The predicted octanol–water partition coefficient (Wildman–Crippen LogP) is 3.52. The van der Waals surface area contributed by atoms with E-state index in [0.29, 0.717) is 4.47 Å². The van der Waals surface area contributed by atoms with Crippen LogP contribution in [-0.2, 0) is 10.3 Å². The number of rotatable bonds is 3. The molecule has 0 saturated heterocycles. The Labute approximate surface area is 138 Å². The highest BCUT2D eigenvalue weighted by molar-refractivity contribution is 9.10. The molecule has 1 fully saturated rings. The molecule has 3 nitrogen and oxygen atoms in total. The third kappa shape index (κ3) is 1.96. The van der Waals surface area contributed by atoms with E-state index >= 15 is 0 Å². The van der Waals surface area contributed by atoms with Crippen molar-refractivity contribution < 1.29 is 17.9 Å². The van der Waals surface area contributed by atoms with Crippen LogP contribution in [0, 0.1) is 11.7 Å². The van der Waals surface area contributed by atoms with Gasteiger partial charge in [-0.3, -0.25) is 4.99 Å².